The van der Waals surface area contributed by atoms with Gasteiger partial charge in [0.2, 0.25) is 0 Å². The van der Waals surface area contributed by atoms with Gasteiger partial charge in [-0.15, -0.1) is 0 Å². The van der Waals surface area contributed by atoms with Crippen LogP contribution in [0.25, 0.3) is 11.4 Å². The number of nitrogens with one attached hydrogen (secondary N) is 1. The molecule has 1 aromatic carbocycles. The molecule has 0 aliphatic rings. The molecular weight excluding hydrogens is 221 g/mol. The minimum Gasteiger partial charge on any atom is -0.494 e. The summed E-state index contributed by atoms with van der Waals surface area (Å²) in [5, 5.41) is 0. The summed E-state index contributed by atoms with van der Waals surface area (Å²) in [5.74, 6) is 0.425. The van der Waals surface area contributed by atoms with Gasteiger partial charge in [-0.3, -0.25) is 0 Å². The summed E-state index contributed by atoms with van der Waals surface area (Å²) >= 11 is 0. The number of H-pyrrole nitrogens is 1. The predicted octanol–water partition coefficient (Wildman–Crippen LogP) is 1.99. The van der Waals surface area contributed by atoms with E-state index >= 15 is 0 Å². The van der Waals surface area contributed by atoms with Crippen LogP contribution in [0, 0.1) is 12.7 Å². The molecule has 0 spiro atoms. The lowest BCUT2D eigenvalue weighted by Crippen LogP contribution is -1.98. The van der Waals surface area contributed by atoms with Crippen LogP contribution < -0.4 is 10.5 Å². The molecule has 0 fully saturated rings. The third kappa shape index (κ3) is 2.14. The molecule has 2 aromatic rings. The Labute approximate surface area is 98.6 Å². The van der Waals surface area contributed by atoms with Gasteiger partial charge in [0.25, 0.3) is 0 Å². The number of ether oxygens (including phenoxy) is 1. The maximum absolute atomic E-state index is 13.5. The topological polar surface area (TPSA) is 63.9 Å². The Morgan fingerprint density at radius 3 is 2.76 bits per heavy atom. The van der Waals surface area contributed by atoms with Crippen molar-refractivity contribution in [1.29, 1.82) is 0 Å². The smallest absolute Gasteiger partial charge is 0.165 e. The molecule has 0 amide bonds. The van der Waals surface area contributed by atoms with Crippen molar-refractivity contribution in [1.82, 2.24) is 9.97 Å². The molecule has 0 radical (unpaired) electrons. The standard InChI is InChI=1S/C12H14FN3O/c1-7-10(6-14)16-12(15-7)8-3-4-11(17-2)9(13)5-8/h3-5H,6,14H2,1-2H3,(H,15,16). The summed E-state index contributed by atoms with van der Waals surface area (Å²) in [4.78, 5) is 7.39. The number of rotatable bonds is 3. The first-order valence-corrected chi connectivity index (χ1v) is 5.25. The maximum atomic E-state index is 13.5. The molecule has 0 atom stereocenters. The summed E-state index contributed by atoms with van der Waals surface area (Å²) in [5.41, 5.74) is 7.90. The van der Waals surface area contributed by atoms with Crippen molar-refractivity contribution < 1.29 is 9.13 Å². The Morgan fingerprint density at radius 1 is 1.47 bits per heavy atom. The molecule has 90 valence electrons. The first-order valence-electron chi connectivity index (χ1n) is 5.25. The van der Waals surface area contributed by atoms with Gasteiger partial charge in [-0.05, 0) is 25.1 Å². The molecule has 0 aliphatic heterocycles. The van der Waals surface area contributed by atoms with Crippen LogP contribution in [0.4, 0.5) is 4.39 Å². The van der Waals surface area contributed by atoms with Crippen LogP contribution in [0.15, 0.2) is 18.2 Å². The van der Waals surface area contributed by atoms with E-state index in [2.05, 4.69) is 9.97 Å². The zero-order chi connectivity index (χ0) is 12.4. The van der Waals surface area contributed by atoms with Crippen molar-refractivity contribution in [3.63, 3.8) is 0 Å². The van der Waals surface area contributed by atoms with Gasteiger partial charge >= 0.3 is 0 Å². The molecule has 0 saturated carbocycles. The Hall–Kier alpha value is -1.88. The highest BCUT2D eigenvalue weighted by Gasteiger charge is 2.10. The number of halogens is 1. The number of methoxy groups -OCH3 is 1. The molecule has 4 nitrogen and oxygen atoms in total. The molecule has 2 rings (SSSR count). The second kappa shape index (κ2) is 4.55. The molecule has 3 N–H and O–H groups in total. The number of aryl methyl sites for hydroxylation is 1. The molecule has 0 aliphatic carbocycles. The fourth-order valence-corrected chi connectivity index (χ4v) is 1.65. The number of benzene rings is 1. The van der Waals surface area contributed by atoms with Crippen molar-refractivity contribution in [3.8, 4) is 17.1 Å². The average molecular weight is 235 g/mol. The molecule has 0 bridgehead atoms. The number of imidazole rings is 1. The van der Waals surface area contributed by atoms with E-state index in [9.17, 15) is 4.39 Å². The Kier molecular flexibility index (Phi) is 3.10. The zero-order valence-electron chi connectivity index (χ0n) is 9.75. The van der Waals surface area contributed by atoms with E-state index in [0.717, 1.165) is 11.4 Å². The molecule has 5 heteroatoms. The van der Waals surface area contributed by atoms with Crippen LogP contribution in [0.1, 0.15) is 11.4 Å². The Balaban J connectivity index is 2.42. The van der Waals surface area contributed by atoms with Crippen LogP contribution in [0.3, 0.4) is 0 Å². The third-order valence-electron chi connectivity index (χ3n) is 2.60. The minimum atomic E-state index is -0.409. The number of aromatic amines is 1. The van der Waals surface area contributed by atoms with E-state index in [1.54, 1.807) is 12.1 Å². The van der Waals surface area contributed by atoms with Crippen molar-refractivity contribution in [2.45, 2.75) is 13.5 Å². The van der Waals surface area contributed by atoms with Gasteiger partial charge in [-0.1, -0.05) is 0 Å². The van der Waals surface area contributed by atoms with Gasteiger partial charge in [0.05, 0.1) is 12.8 Å². The molecule has 1 heterocycles. The van der Waals surface area contributed by atoms with Gasteiger partial charge < -0.3 is 15.5 Å². The summed E-state index contributed by atoms with van der Waals surface area (Å²) in [6, 6.07) is 4.71. The number of nitrogens with zero attached hydrogens (tertiary/aromatic N) is 1. The van der Waals surface area contributed by atoms with Gasteiger partial charge in [0.15, 0.2) is 11.6 Å². The van der Waals surface area contributed by atoms with Crippen LogP contribution in [0.2, 0.25) is 0 Å². The SMILES string of the molecule is COc1ccc(-c2nc(CN)c(C)[nH]2)cc1F. The number of hydrogen-bond acceptors (Lipinski definition) is 3. The van der Waals surface area contributed by atoms with E-state index in [-0.39, 0.29) is 5.75 Å². The van der Waals surface area contributed by atoms with Crippen LogP contribution in [0.5, 0.6) is 5.75 Å². The highest BCUT2D eigenvalue weighted by molar-refractivity contribution is 5.57. The fraction of sp³-hybridized carbons (Fsp3) is 0.250. The van der Waals surface area contributed by atoms with Gasteiger partial charge in [-0.25, -0.2) is 9.37 Å². The predicted molar refractivity (Wildman–Crippen MR) is 63.2 cm³/mol. The van der Waals surface area contributed by atoms with Crippen molar-refractivity contribution in [2.75, 3.05) is 7.11 Å². The summed E-state index contributed by atoms with van der Waals surface area (Å²) < 4.78 is 18.4. The van der Waals surface area contributed by atoms with Crippen molar-refractivity contribution in [2.24, 2.45) is 5.73 Å². The van der Waals surface area contributed by atoms with Gasteiger partial charge in [0.1, 0.15) is 5.82 Å². The highest BCUT2D eigenvalue weighted by atomic mass is 19.1. The van der Waals surface area contributed by atoms with E-state index in [4.69, 9.17) is 10.5 Å². The second-order valence-corrected chi connectivity index (χ2v) is 3.71. The average Bonchev–Trinajstić information content (AvgIpc) is 2.70. The van der Waals surface area contributed by atoms with Crippen molar-refractivity contribution in [3.05, 3.63) is 35.4 Å². The molecule has 17 heavy (non-hydrogen) atoms. The van der Waals surface area contributed by atoms with E-state index in [1.807, 2.05) is 6.92 Å². The quantitative estimate of drug-likeness (QED) is 0.855. The molecule has 0 unspecified atom stereocenters. The van der Waals surface area contributed by atoms with E-state index in [1.165, 1.54) is 13.2 Å². The lowest BCUT2D eigenvalue weighted by Gasteiger charge is -2.02. The number of hydrogen-bond donors (Lipinski definition) is 2. The van der Waals surface area contributed by atoms with Crippen LogP contribution >= 0.6 is 0 Å². The van der Waals surface area contributed by atoms with Gasteiger partial charge in [0, 0.05) is 17.8 Å². The number of nitrogens with two attached hydrogens (primary N) is 1. The molecular formula is C12H14FN3O. The first kappa shape index (κ1) is 11.6. The highest BCUT2D eigenvalue weighted by Crippen LogP contribution is 2.24. The monoisotopic (exact) mass is 235 g/mol. The van der Waals surface area contributed by atoms with Crippen LogP contribution in [-0.2, 0) is 6.54 Å². The van der Waals surface area contributed by atoms with E-state index < -0.39 is 5.82 Å². The lowest BCUT2D eigenvalue weighted by molar-refractivity contribution is 0.386. The summed E-state index contributed by atoms with van der Waals surface area (Å²) in [6.45, 7) is 2.25. The Bertz CT molecular complexity index is 537. The van der Waals surface area contributed by atoms with Crippen molar-refractivity contribution >= 4 is 0 Å². The lowest BCUT2D eigenvalue weighted by atomic mass is 10.2. The largest absolute Gasteiger partial charge is 0.494 e. The maximum Gasteiger partial charge on any atom is 0.165 e. The first-order chi connectivity index (χ1) is 8.15. The Morgan fingerprint density at radius 2 is 2.24 bits per heavy atom. The van der Waals surface area contributed by atoms with Crippen LogP contribution in [-0.4, -0.2) is 17.1 Å². The van der Waals surface area contributed by atoms with Gasteiger partial charge in [-0.2, -0.15) is 0 Å². The third-order valence-corrected chi connectivity index (χ3v) is 2.60. The number of aromatic nitrogens is 2. The fourth-order valence-electron chi connectivity index (χ4n) is 1.65. The molecule has 1 aromatic heterocycles. The normalized spacial score (nSPS) is 10.6. The van der Waals surface area contributed by atoms with E-state index in [0.29, 0.717) is 17.9 Å². The minimum absolute atomic E-state index is 0.219. The second-order valence-electron chi connectivity index (χ2n) is 3.71. The zero-order valence-corrected chi connectivity index (χ0v) is 9.75. The summed E-state index contributed by atoms with van der Waals surface area (Å²) in [7, 11) is 1.43. The molecule has 0 saturated heterocycles. The summed E-state index contributed by atoms with van der Waals surface area (Å²) in [6.07, 6.45) is 0.